The number of hydrogen-bond donors (Lipinski definition) is 1. The average molecular weight is 428 g/mol. The highest BCUT2D eigenvalue weighted by atomic mass is 19.4. The van der Waals surface area contributed by atoms with Crippen molar-refractivity contribution in [2.45, 2.75) is 31.5 Å². The van der Waals surface area contributed by atoms with Gasteiger partial charge in [0.2, 0.25) is 5.82 Å². The molecule has 0 amide bonds. The second kappa shape index (κ2) is 6.93. The largest absolute Gasteiger partial charge is 0.481 e. The predicted octanol–water partition coefficient (Wildman–Crippen LogP) is 4.73. The van der Waals surface area contributed by atoms with Crippen LogP contribution in [0, 0.1) is 0 Å². The van der Waals surface area contributed by atoms with Crippen molar-refractivity contribution in [3.63, 3.8) is 0 Å². The average Bonchev–Trinajstić information content (AvgIpc) is 3.43. The van der Waals surface area contributed by atoms with Crippen molar-refractivity contribution in [3.05, 3.63) is 54.0 Å². The monoisotopic (exact) mass is 428 g/mol. The van der Waals surface area contributed by atoms with E-state index in [1.807, 2.05) is 24.3 Å². The molecule has 0 radical (unpaired) electrons. The molecule has 0 spiro atoms. The minimum Gasteiger partial charge on any atom is -0.481 e. The van der Waals surface area contributed by atoms with Crippen LogP contribution in [0.15, 0.2) is 47.1 Å². The molecule has 3 aromatic heterocycles. The summed E-state index contributed by atoms with van der Waals surface area (Å²) in [6.45, 7) is 0.767. The van der Waals surface area contributed by atoms with E-state index in [1.54, 1.807) is 0 Å². The molecule has 4 aromatic rings. The van der Waals surface area contributed by atoms with E-state index in [2.05, 4.69) is 19.7 Å². The second-order valence-electron chi connectivity index (χ2n) is 7.43. The summed E-state index contributed by atoms with van der Waals surface area (Å²) >= 11 is 0. The first-order valence-corrected chi connectivity index (χ1v) is 9.52. The van der Waals surface area contributed by atoms with Crippen molar-refractivity contribution >= 4 is 16.9 Å². The Bertz CT molecular complexity index is 1290. The van der Waals surface area contributed by atoms with Crippen LogP contribution in [0.1, 0.15) is 30.1 Å². The van der Waals surface area contributed by atoms with Crippen LogP contribution in [0.5, 0.6) is 0 Å². The molecule has 1 N–H and O–H groups in total. The Morgan fingerprint density at radius 1 is 1.19 bits per heavy atom. The number of carboxylic acid groups (broad SMARTS) is 1. The van der Waals surface area contributed by atoms with Gasteiger partial charge in [0, 0.05) is 40.8 Å². The van der Waals surface area contributed by atoms with E-state index >= 15 is 0 Å². The molecule has 0 unspecified atom stereocenters. The van der Waals surface area contributed by atoms with Gasteiger partial charge in [-0.3, -0.25) is 9.78 Å². The zero-order valence-electron chi connectivity index (χ0n) is 15.9. The number of alkyl halides is 3. The van der Waals surface area contributed by atoms with E-state index in [1.165, 1.54) is 6.07 Å². The molecule has 5 rings (SSSR count). The van der Waals surface area contributed by atoms with Crippen molar-refractivity contribution in [1.29, 1.82) is 0 Å². The third-order valence-electron chi connectivity index (χ3n) is 5.46. The Morgan fingerprint density at radius 3 is 2.71 bits per heavy atom. The Hall–Kier alpha value is -3.69. The number of fused-ring (bicyclic) bond motifs is 3. The van der Waals surface area contributed by atoms with Crippen LogP contribution >= 0.6 is 0 Å². The lowest BCUT2D eigenvalue weighted by Crippen LogP contribution is -2.07. The fourth-order valence-corrected chi connectivity index (χ4v) is 4.02. The van der Waals surface area contributed by atoms with E-state index in [0.717, 1.165) is 41.8 Å². The number of halogens is 3. The number of aliphatic carboxylic acids is 1. The van der Waals surface area contributed by atoms with Crippen LogP contribution in [0.25, 0.3) is 33.7 Å². The van der Waals surface area contributed by atoms with Gasteiger partial charge in [0.05, 0.1) is 12.0 Å². The summed E-state index contributed by atoms with van der Waals surface area (Å²) in [6, 6.07) is 9.73. The summed E-state index contributed by atoms with van der Waals surface area (Å²) in [6.07, 6.45) is -2.58. The smallest absolute Gasteiger partial charge is 0.433 e. The molecule has 4 heterocycles. The fourth-order valence-electron chi connectivity index (χ4n) is 4.02. The fraction of sp³-hybridized carbons (Fsp3) is 0.238. The van der Waals surface area contributed by atoms with Gasteiger partial charge in [-0.15, -0.1) is 0 Å². The number of carboxylic acids is 1. The highest BCUT2D eigenvalue weighted by Crippen LogP contribution is 2.37. The molecule has 158 valence electrons. The molecular formula is C21H15F3N4O3. The number of nitrogens with zero attached hydrogens (tertiary/aromatic N) is 4. The molecule has 1 aliphatic heterocycles. The highest BCUT2D eigenvalue weighted by molar-refractivity contribution is 5.86. The Kier molecular flexibility index (Phi) is 4.31. The Morgan fingerprint density at radius 2 is 2.00 bits per heavy atom. The van der Waals surface area contributed by atoms with Crippen LogP contribution in [-0.2, 0) is 17.5 Å². The van der Waals surface area contributed by atoms with Crippen molar-refractivity contribution in [1.82, 2.24) is 19.7 Å². The minimum absolute atomic E-state index is 0.0164. The molecule has 10 heteroatoms. The predicted molar refractivity (Wildman–Crippen MR) is 103 cm³/mol. The van der Waals surface area contributed by atoms with E-state index in [9.17, 15) is 18.0 Å². The van der Waals surface area contributed by atoms with Crippen LogP contribution in [0.3, 0.4) is 0 Å². The summed E-state index contributed by atoms with van der Waals surface area (Å²) in [5.74, 6) is -0.471. The highest BCUT2D eigenvalue weighted by Gasteiger charge is 2.32. The SMILES string of the molecule is O=C(O)C[C@@H]1CCn2c1cc1cc(-c3noc(-c4ccc(C(F)(F)F)nc4)n3)ccc12. The molecule has 0 bridgehead atoms. The van der Waals surface area contributed by atoms with Gasteiger partial charge in [0.1, 0.15) is 5.69 Å². The third kappa shape index (κ3) is 3.43. The molecule has 0 fully saturated rings. The summed E-state index contributed by atoms with van der Waals surface area (Å²) in [4.78, 5) is 18.8. The summed E-state index contributed by atoms with van der Waals surface area (Å²) in [7, 11) is 0. The van der Waals surface area contributed by atoms with E-state index in [0.29, 0.717) is 11.4 Å². The molecule has 1 atom stereocenters. The topological polar surface area (TPSA) is 94.0 Å². The number of rotatable bonds is 4. The second-order valence-corrected chi connectivity index (χ2v) is 7.43. The van der Waals surface area contributed by atoms with Gasteiger partial charge in [-0.2, -0.15) is 18.2 Å². The maximum Gasteiger partial charge on any atom is 0.433 e. The van der Waals surface area contributed by atoms with Gasteiger partial charge < -0.3 is 14.2 Å². The van der Waals surface area contributed by atoms with Crippen LogP contribution in [0.4, 0.5) is 13.2 Å². The van der Waals surface area contributed by atoms with Crippen molar-refractivity contribution in [2.75, 3.05) is 0 Å². The van der Waals surface area contributed by atoms with Crippen LogP contribution in [0.2, 0.25) is 0 Å². The quantitative estimate of drug-likeness (QED) is 0.505. The number of pyridine rings is 1. The number of aryl methyl sites for hydroxylation is 1. The number of carbonyl (C=O) groups is 1. The van der Waals surface area contributed by atoms with Crippen LogP contribution in [-0.4, -0.2) is 30.8 Å². The zero-order valence-corrected chi connectivity index (χ0v) is 15.9. The van der Waals surface area contributed by atoms with Crippen LogP contribution < -0.4 is 0 Å². The third-order valence-corrected chi connectivity index (χ3v) is 5.46. The van der Waals surface area contributed by atoms with Gasteiger partial charge in [0.25, 0.3) is 5.89 Å². The molecule has 0 saturated carbocycles. The van der Waals surface area contributed by atoms with Gasteiger partial charge in [-0.1, -0.05) is 5.16 Å². The number of benzene rings is 1. The van der Waals surface area contributed by atoms with Gasteiger partial charge in [0.15, 0.2) is 0 Å². The lowest BCUT2D eigenvalue weighted by Gasteiger charge is -2.04. The summed E-state index contributed by atoms with van der Waals surface area (Å²) in [5, 5.41) is 14.0. The zero-order chi connectivity index (χ0) is 21.8. The molecule has 0 aliphatic carbocycles. The lowest BCUT2D eigenvalue weighted by molar-refractivity contribution is -0.141. The first kappa shape index (κ1) is 19.3. The van der Waals surface area contributed by atoms with E-state index in [-0.39, 0.29) is 23.8 Å². The van der Waals surface area contributed by atoms with Crippen molar-refractivity contribution in [3.8, 4) is 22.8 Å². The van der Waals surface area contributed by atoms with Gasteiger partial charge >= 0.3 is 12.1 Å². The minimum atomic E-state index is -4.52. The Balaban J connectivity index is 1.44. The standard InChI is InChI=1S/C21H15F3N4O3/c22-21(23,24)17-4-2-13(10-25-17)20-26-19(27-31-20)12-1-3-15-14(7-12)8-16-11(9-18(29)30)5-6-28(15)16/h1-4,7-8,10-11H,5-6,9H2,(H,29,30)/t11-/m0/s1. The van der Waals surface area contributed by atoms with Crippen molar-refractivity contribution < 1.29 is 27.6 Å². The first-order valence-electron chi connectivity index (χ1n) is 9.52. The molecule has 1 aliphatic rings. The maximum atomic E-state index is 12.7. The summed E-state index contributed by atoms with van der Waals surface area (Å²) in [5.41, 5.74) is 1.97. The number of aromatic nitrogens is 4. The number of hydrogen-bond acceptors (Lipinski definition) is 5. The molecule has 0 saturated heterocycles. The lowest BCUT2D eigenvalue weighted by atomic mass is 10.0. The first-order chi connectivity index (χ1) is 14.8. The Labute approximate surface area is 173 Å². The normalized spacial score (nSPS) is 16.0. The molecule has 31 heavy (non-hydrogen) atoms. The van der Waals surface area contributed by atoms with Gasteiger partial charge in [-0.25, -0.2) is 0 Å². The molecule has 1 aromatic carbocycles. The van der Waals surface area contributed by atoms with Crippen molar-refractivity contribution in [2.24, 2.45) is 0 Å². The van der Waals surface area contributed by atoms with Gasteiger partial charge in [-0.05, 0) is 42.8 Å². The maximum absolute atomic E-state index is 12.7. The molecule has 7 nitrogen and oxygen atoms in total. The van der Waals surface area contributed by atoms with E-state index < -0.39 is 17.8 Å². The van der Waals surface area contributed by atoms with E-state index in [4.69, 9.17) is 9.63 Å². The molecular weight excluding hydrogens is 413 g/mol. The summed E-state index contributed by atoms with van der Waals surface area (Å²) < 4.78 is 45.4.